The summed E-state index contributed by atoms with van der Waals surface area (Å²) in [6.07, 6.45) is 4.86. The third-order valence-electron chi connectivity index (χ3n) is 11.4. The maximum atomic E-state index is 2.36. The van der Waals surface area contributed by atoms with E-state index in [1.54, 1.807) is 0 Å². The molecule has 10 rings (SSSR count). The first kappa shape index (κ1) is 33.7. The van der Waals surface area contributed by atoms with E-state index < -0.39 is 0 Å². The second kappa shape index (κ2) is 14.7. The molecule has 0 bridgehead atoms. The van der Waals surface area contributed by atoms with Crippen molar-refractivity contribution in [3.8, 4) is 22.3 Å². The number of rotatable bonds is 8. The molecule has 0 spiro atoms. The summed E-state index contributed by atoms with van der Waals surface area (Å²) >= 11 is 0. The third kappa shape index (κ3) is 6.10. The van der Waals surface area contributed by atoms with E-state index in [0.29, 0.717) is 0 Å². The van der Waals surface area contributed by atoms with Crippen LogP contribution in [0.3, 0.4) is 0 Å². The topological polar surface area (TPSA) is 6.48 Å². The van der Waals surface area contributed by atoms with Gasteiger partial charge in [0.1, 0.15) is 0 Å². The summed E-state index contributed by atoms with van der Waals surface area (Å²) in [5.74, 6) is 0. The van der Waals surface area contributed by atoms with Gasteiger partial charge < -0.3 is 9.80 Å². The molecule has 0 saturated carbocycles. The number of nitrogens with zero attached hydrogens (tertiary/aromatic N) is 2. The number of para-hydroxylation sites is 3. The minimum Gasteiger partial charge on any atom is -0.311 e. The fraction of sp³-hybridized carbons (Fsp3) is 0.0741. The smallest absolute Gasteiger partial charge is 0.0463 e. The van der Waals surface area contributed by atoms with Gasteiger partial charge in [0.2, 0.25) is 0 Å². The van der Waals surface area contributed by atoms with Gasteiger partial charge in [-0.15, -0.1) is 0 Å². The van der Waals surface area contributed by atoms with Gasteiger partial charge in [-0.25, -0.2) is 0 Å². The third-order valence-corrected chi connectivity index (χ3v) is 11.4. The predicted molar refractivity (Wildman–Crippen MR) is 238 cm³/mol. The van der Waals surface area contributed by atoms with Gasteiger partial charge in [-0.05, 0) is 153 Å². The van der Waals surface area contributed by atoms with E-state index in [9.17, 15) is 0 Å². The van der Waals surface area contributed by atoms with E-state index in [4.69, 9.17) is 0 Å². The highest BCUT2D eigenvalue weighted by molar-refractivity contribution is 6.21. The molecule has 0 unspecified atom stereocenters. The summed E-state index contributed by atoms with van der Waals surface area (Å²) in [6.45, 7) is 0. The van der Waals surface area contributed by atoms with Gasteiger partial charge in [-0.2, -0.15) is 0 Å². The van der Waals surface area contributed by atoms with E-state index in [1.165, 1.54) is 74.2 Å². The zero-order valence-corrected chi connectivity index (χ0v) is 31.4. The Morgan fingerprint density at radius 1 is 0.286 bits per heavy atom. The molecular weight excluding hydrogens is 677 g/mol. The molecule has 0 radical (unpaired) electrons. The Balaban J connectivity index is 1.08. The maximum Gasteiger partial charge on any atom is 0.0463 e. The normalized spacial score (nSPS) is 12.4. The first-order valence-corrected chi connectivity index (χ1v) is 19.8. The van der Waals surface area contributed by atoms with Crippen molar-refractivity contribution in [3.05, 3.63) is 217 Å². The number of fused-ring (bicyclic) bond motifs is 3. The fourth-order valence-electron chi connectivity index (χ4n) is 8.90. The Kier molecular flexibility index (Phi) is 8.85. The highest BCUT2D eigenvalue weighted by Gasteiger charge is 2.22. The molecule has 0 aromatic heterocycles. The molecule has 268 valence electrons. The summed E-state index contributed by atoms with van der Waals surface area (Å²) in [5, 5.41) is 5.21. The van der Waals surface area contributed by atoms with Crippen LogP contribution < -0.4 is 9.80 Å². The minimum atomic E-state index is 1.10. The van der Waals surface area contributed by atoms with E-state index in [-0.39, 0.29) is 0 Å². The molecule has 9 aromatic carbocycles. The molecule has 0 amide bonds. The standard InChI is InChI=1S/C54H42N2/c1-4-19-41(20-5-1)55(42-21-6-2-7-22-42)45-35-37-46(38-36-45)56(43-23-8-3-9-24-43)44-33-31-40(32-34-44)53-49-26-12-14-28-51(49)54(52-29-15-13-27-50(52)53)48-30-16-18-39-17-10-11-25-47(39)48/h1-9,12-16,18-24,26-38H,10-11,17,25H2. The minimum absolute atomic E-state index is 1.10. The lowest BCUT2D eigenvalue weighted by molar-refractivity contribution is 0.687. The highest BCUT2D eigenvalue weighted by atomic mass is 15.2. The van der Waals surface area contributed by atoms with Gasteiger partial charge in [0.05, 0.1) is 0 Å². The van der Waals surface area contributed by atoms with Crippen LogP contribution in [0.15, 0.2) is 206 Å². The van der Waals surface area contributed by atoms with Crippen LogP contribution >= 0.6 is 0 Å². The lowest BCUT2D eigenvalue weighted by Gasteiger charge is -2.28. The first-order chi connectivity index (χ1) is 27.8. The van der Waals surface area contributed by atoms with E-state index in [0.717, 1.165) is 40.5 Å². The molecule has 56 heavy (non-hydrogen) atoms. The number of benzene rings is 9. The van der Waals surface area contributed by atoms with Gasteiger partial charge in [-0.1, -0.05) is 133 Å². The Labute approximate surface area is 329 Å². The molecular formula is C54H42N2. The average Bonchev–Trinajstić information content (AvgIpc) is 3.27. The van der Waals surface area contributed by atoms with E-state index >= 15 is 0 Å². The van der Waals surface area contributed by atoms with Crippen LogP contribution in [0, 0.1) is 0 Å². The van der Waals surface area contributed by atoms with Crippen LogP contribution in [-0.2, 0) is 12.8 Å². The highest BCUT2D eigenvalue weighted by Crippen LogP contribution is 2.46. The van der Waals surface area contributed by atoms with Crippen molar-refractivity contribution in [2.45, 2.75) is 25.7 Å². The zero-order valence-electron chi connectivity index (χ0n) is 31.4. The Hall–Kier alpha value is -6.90. The SMILES string of the molecule is c1ccc(N(c2ccccc2)c2ccc(N(c3ccccc3)c3ccc(-c4c5ccccc5c(-c5cccc6c5CCCC6)c5ccccc45)cc3)cc2)cc1. The van der Waals surface area contributed by atoms with E-state index in [1.807, 2.05) is 0 Å². The average molecular weight is 719 g/mol. The van der Waals surface area contributed by atoms with Crippen molar-refractivity contribution < 1.29 is 0 Å². The van der Waals surface area contributed by atoms with Crippen LogP contribution in [0.25, 0.3) is 43.8 Å². The predicted octanol–water partition coefficient (Wildman–Crippen LogP) is 15.1. The van der Waals surface area contributed by atoms with Crippen molar-refractivity contribution in [1.82, 2.24) is 0 Å². The molecule has 0 atom stereocenters. The fourth-order valence-corrected chi connectivity index (χ4v) is 8.90. The quantitative estimate of drug-likeness (QED) is 0.144. The van der Waals surface area contributed by atoms with Crippen molar-refractivity contribution in [2.75, 3.05) is 9.80 Å². The summed E-state index contributed by atoms with van der Waals surface area (Å²) < 4.78 is 0. The van der Waals surface area contributed by atoms with Gasteiger partial charge in [-0.3, -0.25) is 0 Å². The lowest BCUT2D eigenvalue weighted by Crippen LogP contribution is -2.12. The molecule has 1 aliphatic rings. The van der Waals surface area contributed by atoms with Crippen LogP contribution in [0.5, 0.6) is 0 Å². The summed E-state index contributed by atoms with van der Waals surface area (Å²) in [5.41, 5.74) is 15.0. The summed E-state index contributed by atoms with van der Waals surface area (Å²) in [4.78, 5) is 4.65. The Morgan fingerprint density at radius 2 is 0.661 bits per heavy atom. The lowest BCUT2D eigenvalue weighted by atomic mass is 9.81. The monoisotopic (exact) mass is 718 g/mol. The van der Waals surface area contributed by atoms with Gasteiger partial charge in [0.25, 0.3) is 0 Å². The number of anilines is 6. The van der Waals surface area contributed by atoms with Crippen molar-refractivity contribution in [3.63, 3.8) is 0 Å². The largest absolute Gasteiger partial charge is 0.311 e. The molecule has 9 aromatic rings. The van der Waals surface area contributed by atoms with Crippen LogP contribution in [0.4, 0.5) is 34.1 Å². The van der Waals surface area contributed by atoms with Gasteiger partial charge in [0, 0.05) is 34.1 Å². The van der Waals surface area contributed by atoms with Gasteiger partial charge >= 0.3 is 0 Å². The first-order valence-electron chi connectivity index (χ1n) is 19.8. The second-order valence-corrected chi connectivity index (χ2v) is 14.7. The molecule has 2 nitrogen and oxygen atoms in total. The Bertz CT molecular complexity index is 2680. The number of hydrogen-bond acceptors (Lipinski definition) is 2. The van der Waals surface area contributed by atoms with Crippen molar-refractivity contribution >= 4 is 55.7 Å². The Morgan fingerprint density at radius 3 is 1.12 bits per heavy atom. The van der Waals surface area contributed by atoms with Crippen LogP contribution in [0.1, 0.15) is 24.0 Å². The molecule has 0 aliphatic heterocycles. The second-order valence-electron chi connectivity index (χ2n) is 14.7. The van der Waals surface area contributed by atoms with Gasteiger partial charge in [0.15, 0.2) is 0 Å². The molecule has 1 aliphatic carbocycles. The number of aryl methyl sites for hydroxylation is 1. The molecule has 0 N–H and O–H groups in total. The molecule has 0 saturated heterocycles. The molecule has 2 heteroatoms. The summed E-state index contributed by atoms with van der Waals surface area (Å²) in [7, 11) is 0. The summed E-state index contributed by atoms with van der Waals surface area (Å²) in [6, 6.07) is 75.0. The van der Waals surface area contributed by atoms with Crippen LogP contribution in [0.2, 0.25) is 0 Å². The maximum absolute atomic E-state index is 2.36. The number of hydrogen-bond donors (Lipinski definition) is 0. The van der Waals surface area contributed by atoms with Crippen molar-refractivity contribution in [1.29, 1.82) is 0 Å². The molecule has 0 heterocycles. The van der Waals surface area contributed by atoms with E-state index in [2.05, 4.69) is 216 Å². The molecule has 0 fully saturated rings. The zero-order chi connectivity index (χ0) is 37.3. The van der Waals surface area contributed by atoms with Crippen molar-refractivity contribution in [2.24, 2.45) is 0 Å². The van der Waals surface area contributed by atoms with Crippen LogP contribution in [-0.4, -0.2) is 0 Å².